The molecule has 0 aliphatic carbocycles. The van der Waals surface area contributed by atoms with Crippen molar-refractivity contribution in [2.45, 2.75) is 31.7 Å². The number of nitrogens with one attached hydrogen (secondary N) is 2. The van der Waals surface area contributed by atoms with E-state index < -0.39 is 15.9 Å². The van der Waals surface area contributed by atoms with E-state index in [1.807, 2.05) is 36.6 Å². The van der Waals surface area contributed by atoms with Crippen LogP contribution in [0.4, 0.5) is 5.13 Å². The molecule has 0 radical (unpaired) electrons. The fourth-order valence-electron chi connectivity index (χ4n) is 2.67. The van der Waals surface area contributed by atoms with Gasteiger partial charge >= 0.3 is 0 Å². The molecule has 0 bridgehead atoms. The third-order valence-corrected chi connectivity index (χ3v) is 6.36. The van der Waals surface area contributed by atoms with Crippen molar-refractivity contribution in [3.8, 4) is 11.3 Å². The molecule has 0 saturated heterocycles. The molecule has 8 heteroatoms. The van der Waals surface area contributed by atoms with Crippen molar-refractivity contribution in [2.75, 3.05) is 5.32 Å². The lowest BCUT2D eigenvalue weighted by Crippen LogP contribution is -2.30. The predicted molar refractivity (Wildman–Crippen MR) is 112 cm³/mol. The quantitative estimate of drug-likeness (QED) is 0.635. The molecule has 1 heterocycles. The molecule has 28 heavy (non-hydrogen) atoms. The van der Waals surface area contributed by atoms with Gasteiger partial charge in [-0.25, -0.2) is 18.1 Å². The SMILES string of the molecule is Cc1ccccc1-c1csc(NC(=O)c2cccc(S(=O)(=O)NC(C)C)c2)n1. The van der Waals surface area contributed by atoms with Crippen LogP contribution in [0.25, 0.3) is 11.3 Å². The fourth-order valence-corrected chi connectivity index (χ4v) is 4.67. The van der Waals surface area contributed by atoms with Crippen molar-refractivity contribution in [3.63, 3.8) is 0 Å². The molecule has 6 nitrogen and oxygen atoms in total. The zero-order valence-electron chi connectivity index (χ0n) is 15.8. The lowest BCUT2D eigenvalue weighted by atomic mass is 10.1. The van der Waals surface area contributed by atoms with Gasteiger partial charge in [0.25, 0.3) is 5.91 Å². The summed E-state index contributed by atoms with van der Waals surface area (Å²) in [6, 6.07) is 13.6. The molecule has 146 valence electrons. The monoisotopic (exact) mass is 415 g/mol. The molecule has 0 saturated carbocycles. The van der Waals surface area contributed by atoms with Crippen LogP contribution in [0.1, 0.15) is 29.8 Å². The summed E-state index contributed by atoms with van der Waals surface area (Å²) in [6.45, 7) is 5.48. The minimum atomic E-state index is -3.67. The van der Waals surface area contributed by atoms with Gasteiger partial charge in [0.1, 0.15) is 0 Å². The van der Waals surface area contributed by atoms with Crippen LogP contribution >= 0.6 is 11.3 Å². The van der Waals surface area contributed by atoms with E-state index in [1.54, 1.807) is 26.0 Å². The minimum absolute atomic E-state index is 0.0496. The van der Waals surface area contributed by atoms with Crippen LogP contribution < -0.4 is 10.0 Å². The number of thiazole rings is 1. The molecule has 0 aliphatic rings. The number of hydrogen-bond acceptors (Lipinski definition) is 5. The molecule has 2 N–H and O–H groups in total. The van der Waals surface area contributed by atoms with Crippen LogP contribution in [0.15, 0.2) is 58.8 Å². The molecule has 0 aliphatic heterocycles. The Hall–Kier alpha value is -2.55. The number of sulfonamides is 1. The maximum Gasteiger partial charge on any atom is 0.257 e. The van der Waals surface area contributed by atoms with Crippen molar-refractivity contribution in [2.24, 2.45) is 0 Å². The van der Waals surface area contributed by atoms with Crippen molar-refractivity contribution in [1.29, 1.82) is 0 Å². The van der Waals surface area contributed by atoms with Crippen LogP contribution in [-0.2, 0) is 10.0 Å². The summed E-state index contributed by atoms with van der Waals surface area (Å²) in [4.78, 5) is 17.1. The number of carbonyl (C=O) groups excluding carboxylic acids is 1. The van der Waals surface area contributed by atoms with Gasteiger partial charge in [0.2, 0.25) is 10.0 Å². The molecule has 1 aromatic heterocycles. The highest BCUT2D eigenvalue weighted by Gasteiger charge is 2.18. The Bertz CT molecular complexity index is 1110. The van der Waals surface area contributed by atoms with Gasteiger partial charge in [0, 0.05) is 22.5 Å². The largest absolute Gasteiger partial charge is 0.298 e. The van der Waals surface area contributed by atoms with E-state index in [2.05, 4.69) is 15.0 Å². The van der Waals surface area contributed by atoms with Gasteiger partial charge in [-0.2, -0.15) is 0 Å². The Balaban J connectivity index is 1.79. The zero-order valence-corrected chi connectivity index (χ0v) is 17.4. The zero-order chi connectivity index (χ0) is 20.3. The van der Waals surface area contributed by atoms with Crippen molar-refractivity contribution in [3.05, 3.63) is 65.0 Å². The third-order valence-electron chi connectivity index (χ3n) is 3.94. The lowest BCUT2D eigenvalue weighted by Gasteiger charge is -2.10. The Labute approximate surface area is 168 Å². The Morgan fingerprint density at radius 2 is 1.86 bits per heavy atom. The minimum Gasteiger partial charge on any atom is -0.298 e. The smallest absolute Gasteiger partial charge is 0.257 e. The molecule has 1 amide bonds. The number of benzene rings is 2. The second-order valence-corrected chi connectivity index (χ2v) is 9.18. The molecule has 0 spiro atoms. The summed E-state index contributed by atoms with van der Waals surface area (Å²) >= 11 is 1.32. The van der Waals surface area contributed by atoms with Crippen molar-refractivity contribution in [1.82, 2.24) is 9.71 Å². The summed E-state index contributed by atoms with van der Waals surface area (Å²) in [5.74, 6) is -0.410. The van der Waals surface area contributed by atoms with E-state index in [1.165, 1.54) is 23.5 Å². The highest BCUT2D eigenvalue weighted by atomic mass is 32.2. The highest BCUT2D eigenvalue weighted by Crippen LogP contribution is 2.27. The average Bonchev–Trinajstić information content (AvgIpc) is 3.09. The fraction of sp³-hybridized carbons (Fsp3) is 0.200. The van der Waals surface area contributed by atoms with E-state index in [9.17, 15) is 13.2 Å². The van der Waals surface area contributed by atoms with E-state index in [0.717, 1.165) is 16.8 Å². The maximum absolute atomic E-state index is 12.6. The second-order valence-electron chi connectivity index (χ2n) is 6.61. The standard InChI is InChI=1S/C20H21N3O3S2/c1-13(2)23-28(25,26)16-9-6-8-15(11-16)19(24)22-20-21-18(12-27-20)17-10-5-4-7-14(17)3/h4-13,23H,1-3H3,(H,21,22,24). The van der Waals surface area contributed by atoms with Gasteiger partial charge in [-0.05, 0) is 44.5 Å². The number of amides is 1. The van der Waals surface area contributed by atoms with Gasteiger partial charge in [-0.1, -0.05) is 30.3 Å². The molecule has 3 rings (SSSR count). The van der Waals surface area contributed by atoms with Crippen LogP contribution in [0.5, 0.6) is 0 Å². The van der Waals surface area contributed by atoms with E-state index in [-0.39, 0.29) is 16.5 Å². The van der Waals surface area contributed by atoms with E-state index in [4.69, 9.17) is 0 Å². The molecular formula is C20H21N3O3S2. The molecule has 3 aromatic rings. The van der Waals surface area contributed by atoms with Gasteiger partial charge < -0.3 is 0 Å². The van der Waals surface area contributed by atoms with E-state index in [0.29, 0.717) is 5.13 Å². The number of rotatable bonds is 6. The first-order valence-electron chi connectivity index (χ1n) is 8.71. The lowest BCUT2D eigenvalue weighted by molar-refractivity contribution is 0.102. The summed E-state index contributed by atoms with van der Waals surface area (Å²) in [5, 5.41) is 5.08. The first kappa shape index (κ1) is 20.2. The normalized spacial score (nSPS) is 11.6. The Morgan fingerprint density at radius 1 is 1.11 bits per heavy atom. The molecule has 0 atom stereocenters. The predicted octanol–water partition coefficient (Wildman–Crippen LogP) is 4.06. The van der Waals surface area contributed by atoms with Crippen molar-refractivity contribution >= 4 is 32.4 Å². The van der Waals surface area contributed by atoms with E-state index >= 15 is 0 Å². The molecule has 2 aromatic carbocycles. The molecule has 0 unspecified atom stereocenters. The van der Waals surface area contributed by atoms with Crippen LogP contribution in [0, 0.1) is 6.92 Å². The maximum atomic E-state index is 12.6. The summed E-state index contributed by atoms with van der Waals surface area (Å²) in [5.41, 5.74) is 3.14. The summed E-state index contributed by atoms with van der Waals surface area (Å²) in [7, 11) is -3.67. The number of hydrogen-bond donors (Lipinski definition) is 2. The number of aryl methyl sites for hydroxylation is 1. The van der Waals surface area contributed by atoms with Gasteiger partial charge in [-0.15, -0.1) is 11.3 Å². The number of anilines is 1. The summed E-state index contributed by atoms with van der Waals surface area (Å²) in [6.07, 6.45) is 0. The first-order valence-corrected chi connectivity index (χ1v) is 11.1. The molecule has 0 fully saturated rings. The van der Waals surface area contributed by atoms with Crippen molar-refractivity contribution < 1.29 is 13.2 Å². The number of aromatic nitrogens is 1. The number of nitrogens with zero attached hydrogens (tertiary/aromatic N) is 1. The van der Waals surface area contributed by atoms with Crippen LogP contribution in [0.2, 0.25) is 0 Å². The second kappa shape index (κ2) is 8.22. The van der Waals surface area contributed by atoms with Crippen LogP contribution in [0.3, 0.4) is 0 Å². The average molecular weight is 416 g/mol. The Kier molecular flexibility index (Phi) is 5.93. The first-order chi connectivity index (χ1) is 13.3. The van der Waals surface area contributed by atoms with Gasteiger partial charge in [-0.3, -0.25) is 10.1 Å². The Morgan fingerprint density at radius 3 is 2.57 bits per heavy atom. The van der Waals surface area contributed by atoms with Gasteiger partial charge in [0.15, 0.2) is 5.13 Å². The molecular weight excluding hydrogens is 394 g/mol. The third kappa shape index (κ3) is 4.64. The highest BCUT2D eigenvalue weighted by molar-refractivity contribution is 7.89. The topological polar surface area (TPSA) is 88.2 Å². The van der Waals surface area contributed by atoms with Gasteiger partial charge in [0.05, 0.1) is 10.6 Å². The summed E-state index contributed by atoms with van der Waals surface area (Å²) < 4.78 is 27.1. The number of carbonyl (C=O) groups is 1. The van der Waals surface area contributed by atoms with Crippen LogP contribution in [-0.4, -0.2) is 25.4 Å².